The van der Waals surface area contributed by atoms with E-state index in [9.17, 15) is 9.90 Å². The summed E-state index contributed by atoms with van der Waals surface area (Å²) >= 11 is 0. The lowest BCUT2D eigenvalue weighted by atomic mass is 9.96. The van der Waals surface area contributed by atoms with E-state index in [0.29, 0.717) is 52.9 Å². The summed E-state index contributed by atoms with van der Waals surface area (Å²) in [6, 6.07) is 6.86. The predicted molar refractivity (Wildman–Crippen MR) is 122 cm³/mol. The highest BCUT2D eigenvalue weighted by Crippen LogP contribution is 2.56. The molecule has 0 saturated heterocycles. The first-order valence-electron chi connectivity index (χ1n) is 10.9. The summed E-state index contributed by atoms with van der Waals surface area (Å²) in [5.41, 5.74) is 2.09. The SMILES string of the molecule is COC(=O)c1ccc(OCCCCC2Cc3c(OC)c(OC)c(OC)c(OC)c3C2O)cc1. The van der Waals surface area contributed by atoms with E-state index in [-0.39, 0.29) is 11.9 Å². The summed E-state index contributed by atoms with van der Waals surface area (Å²) in [7, 11) is 7.58. The Balaban J connectivity index is 1.60. The van der Waals surface area contributed by atoms with Crippen LogP contribution in [0, 0.1) is 5.92 Å². The zero-order chi connectivity index (χ0) is 24.0. The van der Waals surface area contributed by atoms with Gasteiger partial charge in [0.1, 0.15) is 5.75 Å². The van der Waals surface area contributed by atoms with E-state index in [2.05, 4.69) is 0 Å². The Hall–Kier alpha value is -3.13. The molecule has 3 rings (SSSR count). The topological polar surface area (TPSA) is 92.7 Å². The van der Waals surface area contributed by atoms with Gasteiger partial charge in [-0.05, 0) is 55.9 Å². The number of unbranched alkanes of at least 4 members (excludes halogenated alkanes) is 1. The maximum atomic E-state index is 11.5. The van der Waals surface area contributed by atoms with Crippen LogP contribution in [0.3, 0.4) is 0 Å². The Kier molecular flexibility index (Phi) is 8.27. The van der Waals surface area contributed by atoms with Crippen LogP contribution in [0.2, 0.25) is 0 Å². The van der Waals surface area contributed by atoms with Crippen LogP contribution in [0.25, 0.3) is 0 Å². The molecule has 33 heavy (non-hydrogen) atoms. The molecule has 2 aromatic carbocycles. The molecule has 0 saturated carbocycles. The third-order valence-corrected chi connectivity index (χ3v) is 6.00. The van der Waals surface area contributed by atoms with Crippen LogP contribution in [-0.4, -0.2) is 53.2 Å². The Morgan fingerprint density at radius 1 is 0.879 bits per heavy atom. The van der Waals surface area contributed by atoms with E-state index < -0.39 is 6.10 Å². The van der Waals surface area contributed by atoms with Gasteiger partial charge in [0.25, 0.3) is 0 Å². The van der Waals surface area contributed by atoms with Crippen molar-refractivity contribution in [2.75, 3.05) is 42.2 Å². The molecule has 0 heterocycles. The van der Waals surface area contributed by atoms with Gasteiger partial charge >= 0.3 is 5.97 Å². The number of methoxy groups -OCH3 is 5. The van der Waals surface area contributed by atoms with Gasteiger partial charge in [-0.1, -0.05) is 0 Å². The molecule has 0 aromatic heterocycles. The lowest BCUT2D eigenvalue weighted by Crippen LogP contribution is -2.09. The van der Waals surface area contributed by atoms with Crippen molar-refractivity contribution in [3.63, 3.8) is 0 Å². The fourth-order valence-electron chi connectivity index (χ4n) is 4.40. The number of ether oxygens (including phenoxy) is 6. The molecule has 1 aliphatic carbocycles. The van der Waals surface area contributed by atoms with Crippen molar-refractivity contribution in [3.05, 3.63) is 41.0 Å². The van der Waals surface area contributed by atoms with Gasteiger partial charge in [0, 0.05) is 11.1 Å². The molecule has 1 N–H and O–H groups in total. The number of hydrogen-bond acceptors (Lipinski definition) is 8. The monoisotopic (exact) mass is 460 g/mol. The van der Waals surface area contributed by atoms with E-state index in [1.165, 1.54) is 14.2 Å². The highest BCUT2D eigenvalue weighted by atomic mass is 16.5. The summed E-state index contributed by atoms with van der Waals surface area (Å²) in [6.45, 7) is 0.543. The molecule has 0 amide bonds. The molecular formula is C25H32O8. The second-order valence-corrected chi connectivity index (χ2v) is 7.79. The van der Waals surface area contributed by atoms with Crippen LogP contribution in [0.4, 0.5) is 0 Å². The van der Waals surface area contributed by atoms with Gasteiger partial charge in [-0.2, -0.15) is 0 Å². The number of rotatable bonds is 11. The minimum absolute atomic E-state index is 0.0268. The Morgan fingerprint density at radius 2 is 1.48 bits per heavy atom. The lowest BCUT2D eigenvalue weighted by Gasteiger charge is -2.21. The molecule has 1 aliphatic rings. The third-order valence-electron chi connectivity index (χ3n) is 6.00. The minimum atomic E-state index is -0.685. The Morgan fingerprint density at radius 3 is 2.06 bits per heavy atom. The molecule has 2 unspecified atom stereocenters. The van der Waals surface area contributed by atoms with Gasteiger partial charge in [0.05, 0.1) is 53.8 Å². The molecule has 2 aromatic rings. The highest BCUT2D eigenvalue weighted by molar-refractivity contribution is 5.89. The van der Waals surface area contributed by atoms with Crippen LogP contribution in [0.5, 0.6) is 28.7 Å². The largest absolute Gasteiger partial charge is 0.494 e. The number of aliphatic hydroxyl groups excluding tert-OH is 1. The molecule has 0 spiro atoms. The standard InChI is InChI=1S/C25H32O8/c1-28-21-18-14-16(20(26)19(18)22(29-2)24(31-4)23(21)30-3)8-6-7-13-33-17-11-9-15(10-12-17)25(27)32-5/h9-12,16,20,26H,6-8,13-14H2,1-5H3. The molecule has 0 bridgehead atoms. The van der Waals surface area contributed by atoms with Crippen LogP contribution < -0.4 is 23.7 Å². The summed E-state index contributed by atoms with van der Waals surface area (Å²) in [5, 5.41) is 11.1. The van der Waals surface area contributed by atoms with Gasteiger partial charge in [-0.15, -0.1) is 0 Å². The smallest absolute Gasteiger partial charge is 0.337 e. The van der Waals surface area contributed by atoms with Gasteiger partial charge in [-0.25, -0.2) is 4.79 Å². The predicted octanol–water partition coefficient (Wildman–Crippen LogP) is 3.96. The second kappa shape index (κ2) is 11.1. The van der Waals surface area contributed by atoms with E-state index in [1.54, 1.807) is 45.6 Å². The first-order valence-corrected chi connectivity index (χ1v) is 10.9. The molecule has 0 aliphatic heterocycles. The number of carbonyl (C=O) groups is 1. The van der Waals surface area contributed by atoms with E-state index in [0.717, 1.165) is 24.8 Å². The van der Waals surface area contributed by atoms with Gasteiger partial charge in [0.2, 0.25) is 11.5 Å². The zero-order valence-electron chi connectivity index (χ0n) is 19.8. The number of hydrogen-bond donors (Lipinski definition) is 1. The normalized spacial score (nSPS) is 16.7. The Labute approximate surface area is 194 Å². The Bertz CT molecular complexity index is 954. The molecular weight excluding hydrogens is 428 g/mol. The van der Waals surface area contributed by atoms with Gasteiger partial charge in [0.15, 0.2) is 11.5 Å². The molecule has 0 fully saturated rings. The summed E-state index contributed by atoms with van der Waals surface area (Å²) in [4.78, 5) is 11.5. The first-order chi connectivity index (χ1) is 16.0. The van der Waals surface area contributed by atoms with E-state index >= 15 is 0 Å². The molecule has 180 valence electrons. The maximum absolute atomic E-state index is 11.5. The quantitative estimate of drug-likeness (QED) is 0.398. The maximum Gasteiger partial charge on any atom is 0.337 e. The van der Waals surface area contributed by atoms with Crippen LogP contribution >= 0.6 is 0 Å². The third kappa shape index (κ3) is 4.95. The van der Waals surface area contributed by atoms with E-state index in [4.69, 9.17) is 28.4 Å². The molecule has 0 radical (unpaired) electrons. The van der Waals surface area contributed by atoms with Crippen molar-refractivity contribution >= 4 is 5.97 Å². The summed E-state index contributed by atoms with van der Waals surface area (Å²) < 4.78 is 32.7. The number of fused-ring (bicyclic) bond motifs is 1. The lowest BCUT2D eigenvalue weighted by molar-refractivity contribution is 0.0600. The summed E-state index contributed by atoms with van der Waals surface area (Å²) in [6.07, 6.45) is 2.51. The van der Waals surface area contributed by atoms with Crippen molar-refractivity contribution in [2.24, 2.45) is 5.92 Å². The average Bonchev–Trinajstić information content (AvgIpc) is 3.17. The number of carbonyl (C=O) groups excluding carboxylic acids is 1. The first kappa shape index (κ1) is 24.5. The van der Waals surface area contributed by atoms with E-state index in [1.807, 2.05) is 0 Å². The van der Waals surface area contributed by atoms with Gasteiger partial charge < -0.3 is 33.5 Å². The van der Waals surface area contributed by atoms with Crippen LogP contribution in [-0.2, 0) is 11.2 Å². The number of esters is 1. The number of aliphatic hydroxyl groups is 1. The molecule has 2 atom stereocenters. The van der Waals surface area contributed by atoms with Crippen molar-refractivity contribution in [1.29, 1.82) is 0 Å². The van der Waals surface area contributed by atoms with Gasteiger partial charge in [-0.3, -0.25) is 0 Å². The van der Waals surface area contributed by atoms with Crippen molar-refractivity contribution in [2.45, 2.75) is 31.8 Å². The van der Waals surface area contributed by atoms with Crippen molar-refractivity contribution < 1.29 is 38.3 Å². The average molecular weight is 461 g/mol. The molecule has 8 nitrogen and oxygen atoms in total. The highest BCUT2D eigenvalue weighted by Gasteiger charge is 2.40. The van der Waals surface area contributed by atoms with Crippen LogP contribution in [0.15, 0.2) is 24.3 Å². The fraction of sp³-hybridized carbons (Fsp3) is 0.480. The summed E-state index contributed by atoms with van der Waals surface area (Å²) in [5.74, 6) is 2.30. The van der Waals surface area contributed by atoms with Crippen LogP contribution in [0.1, 0.15) is 46.9 Å². The fourth-order valence-corrected chi connectivity index (χ4v) is 4.40. The minimum Gasteiger partial charge on any atom is -0.494 e. The van der Waals surface area contributed by atoms with Crippen molar-refractivity contribution in [1.82, 2.24) is 0 Å². The molecule has 8 heteroatoms. The number of benzene rings is 2. The van der Waals surface area contributed by atoms with Crippen molar-refractivity contribution in [3.8, 4) is 28.7 Å². The second-order valence-electron chi connectivity index (χ2n) is 7.79. The zero-order valence-corrected chi connectivity index (χ0v) is 19.8.